The average molecular weight is 358 g/mol. The summed E-state index contributed by atoms with van der Waals surface area (Å²) in [5.74, 6) is 1.81. The predicted octanol–water partition coefficient (Wildman–Crippen LogP) is 2.61. The number of carbonyl (C=O) groups excluding carboxylic acids is 1. The van der Waals surface area contributed by atoms with E-state index >= 15 is 0 Å². The van der Waals surface area contributed by atoms with Crippen LogP contribution in [0.5, 0.6) is 5.75 Å². The first-order valence-electron chi connectivity index (χ1n) is 8.94. The van der Waals surface area contributed by atoms with E-state index in [-0.39, 0.29) is 24.0 Å². The van der Waals surface area contributed by atoms with E-state index in [1.807, 2.05) is 6.07 Å². The number of aliphatic hydroxyl groups excluding tert-OH is 1. The minimum atomic E-state index is -0.0594. The van der Waals surface area contributed by atoms with Crippen LogP contribution in [0.25, 0.3) is 0 Å². The molecule has 140 valence electrons. The molecule has 1 fully saturated rings. The Kier molecular flexibility index (Phi) is 5.32. The smallest absolute Gasteiger partial charge is 0.251 e. The topological polar surface area (TPSA) is 84.6 Å². The van der Waals surface area contributed by atoms with E-state index in [4.69, 9.17) is 14.4 Å². The van der Waals surface area contributed by atoms with Gasteiger partial charge in [0.25, 0.3) is 5.91 Å². The second-order valence-corrected chi connectivity index (χ2v) is 7.47. The van der Waals surface area contributed by atoms with Gasteiger partial charge < -0.3 is 19.7 Å². The van der Waals surface area contributed by atoms with Gasteiger partial charge >= 0.3 is 0 Å². The maximum atomic E-state index is 12.5. The number of methoxy groups -OCH3 is 1. The minimum Gasteiger partial charge on any atom is -0.497 e. The van der Waals surface area contributed by atoms with Crippen LogP contribution in [0.4, 0.5) is 0 Å². The number of nitrogens with one attached hydrogen (secondary N) is 1. The number of benzene rings is 1. The van der Waals surface area contributed by atoms with Crippen LogP contribution in [-0.2, 0) is 12.8 Å². The molecule has 1 saturated carbocycles. The van der Waals surface area contributed by atoms with Gasteiger partial charge in [-0.15, -0.1) is 0 Å². The van der Waals surface area contributed by atoms with Gasteiger partial charge in [-0.05, 0) is 48.4 Å². The predicted molar refractivity (Wildman–Crippen MR) is 97.1 cm³/mol. The molecule has 1 aliphatic carbocycles. The van der Waals surface area contributed by atoms with E-state index in [0.29, 0.717) is 23.7 Å². The average Bonchev–Trinajstić information content (AvgIpc) is 3.08. The maximum Gasteiger partial charge on any atom is 0.251 e. The first kappa shape index (κ1) is 18.5. The van der Waals surface area contributed by atoms with Crippen molar-refractivity contribution >= 4 is 5.91 Å². The van der Waals surface area contributed by atoms with Gasteiger partial charge in [0, 0.05) is 24.1 Å². The molecule has 26 heavy (non-hydrogen) atoms. The van der Waals surface area contributed by atoms with E-state index in [1.54, 1.807) is 31.4 Å². The molecule has 6 heteroatoms. The van der Waals surface area contributed by atoms with Crippen molar-refractivity contribution in [3.63, 3.8) is 0 Å². The number of hydrogen-bond donors (Lipinski definition) is 2. The fourth-order valence-electron chi connectivity index (χ4n) is 3.52. The molecule has 6 nitrogen and oxygen atoms in total. The summed E-state index contributed by atoms with van der Waals surface area (Å²) in [6.45, 7) is 4.41. The standard InChI is InChI=1S/C20H26N2O4/c1-20(2)14(10-15-12-17(8-9-23)26-22-15)11-18(20)21-19(24)13-4-6-16(25-3)7-5-13/h4-7,12,14,18,23H,8-11H2,1-3H3,(H,21,24)/t14-,18+/m1/s1. The number of nitrogens with zero attached hydrogens (tertiary/aromatic N) is 1. The fraction of sp³-hybridized carbons (Fsp3) is 0.500. The number of carbonyl (C=O) groups is 1. The molecule has 1 heterocycles. The zero-order valence-corrected chi connectivity index (χ0v) is 15.5. The normalized spacial score (nSPS) is 21.1. The van der Waals surface area contributed by atoms with Gasteiger partial charge in [0.15, 0.2) is 0 Å². The van der Waals surface area contributed by atoms with Crippen molar-refractivity contribution in [3.05, 3.63) is 47.3 Å². The number of aromatic nitrogens is 1. The van der Waals surface area contributed by atoms with Gasteiger partial charge in [-0.1, -0.05) is 19.0 Å². The van der Waals surface area contributed by atoms with E-state index < -0.39 is 0 Å². The maximum absolute atomic E-state index is 12.5. The molecular weight excluding hydrogens is 332 g/mol. The summed E-state index contributed by atoms with van der Waals surface area (Å²) in [6.07, 6.45) is 2.22. The highest BCUT2D eigenvalue weighted by Crippen LogP contribution is 2.47. The summed E-state index contributed by atoms with van der Waals surface area (Å²) in [5, 5.41) is 16.2. The Morgan fingerprint density at radius 1 is 1.38 bits per heavy atom. The van der Waals surface area contributed by atoms with Gasteiger partial charge in [0.1, 0.15) is 11.5 Å². The molecule has 1 aromatic carbocycles. The van der Waals surface area contributed by atoms with E-state index in [9.17, 15) is 4.79 Å². The van der Waals surface area contributed by atoms with Gasteiger partial charge in [-0.3, -0.25) is 4.79 Å². The van der Waals surface area contributed by atoms with Crippen LogP contribution < -0.4 is 10.1 Å². The molecule has 0 radical (unpaired) electrons. The van der Waals surface area contributed by atoms with Crippen molar-refractivity contribution in [2.24, 2.45) is 11.3 Å². The lowest BCUT2D eigenvalue weighted by atomic mass is 9.57. The zero-order valence-electron chi connectivity index (χ0n) is 15.5. The van der Waals surface area contributed by atoms with Crippen molar-refractivity contribution in [3.8, 4) is 5.75 Å². The molecule has 2 atom stereocenters. The molecule has 2 aromatic rings. The number of rotatable bonds is 7. The molecule has 1 amide bonds. The Morgan fingerprint density at radius 3 is 2.73 bits per heavy atom. The quantitative estimate of drug-likeness (QED) is 0.795. The van der Waals surface area contributed by atoms with Crippen molar-refractivity contribution in [2.75, 3.05) is 13.7 Å². The van der Waals surface area contributed by atoms with Crippen LogP contribution in [0.2, 0.25) is 0 Å². The Balaban J connectivity index is 1.56. The highest BCUT2D eigenvalue weighted by atomic mass is 16.5. The monoisotopic (exact) mass is 358 g/mol. The van der Waals surface area contributed by atoms with Crippen molar-refractivity contribution in [1.82, 2.24) is 10.5 Å². The molecule has 0 aliphatic heterocycles. The van der Waals surface area contributed by atoms with Crippen molar-refractivity contribution in [1.29, 1.82) is 0 Å². The molecule has 0 bridgehead atoms. The lowest BCUT2D eigenvalue weighted by Gasteiger charge is -2.52. The molecule has 1 aliphatic rings. The summed E-state index contributed by atoms with van der Waals surface area (Å²) in [7, 11) is 1.60. The summed E-state index contributed by atoms with van der Waals surface area (Å²) in [5.41, 5.74) is 1.53. The number of amides is 1. The zero-order chi connectivity index (χ0) is 18.7. The largest absolute Gasteiger partial charge is 0.497 e. The summed E-state index contributed by atoms with van der Waals surface area (Å²) in [4.78, 5) is 12.5. The lowest BCUT2D eigenvalue weighted by molar-refractivity contribution is 0.0138. The molecule has 3 rings (SSSR count). The summed E-state index contributed by atoms with van der Waals surface area (Å²) < 4.78 is 10.3. The second kappa shape index (κ2) is 7.50. The molecular formula is C20H26N2O4. The third-order valence-corrected chi connectivity index (χ3v) is 5.55. The first-order valence-corrected chi connectivity index (χ1v) is 8.94. The van der Waals surface area contributed by atoms with E-state index in [0.717, 1.165) is 24.3 Å². The summed E-state index contributed by atoms with van der Waals surface area (Å²) in [6, 6.07) is 9.17. The summed E-state index contributed by atoms with van der Waals surface area (Å²) >= 11 is 0. The number of aliphatic hydroxyl groups is 1. The third-order valence-electron chi connectivity index (χ3n) is 5.55. The highest BCUT2D eigenvalue weighted by Gasteiger charge is 2.48. The lowest BCUT2D eigenvalue weighted by Crippen LogP contribution is -2.58. The number of ether oxygens (including phenoxy) is 1. The Labute approximate surface area is 153 Å². The molecule has 0 spiro atoms. The van der Waals surface area contributed by atoms with Crippen LogP contribution in [-0.4, -0.2) is 35.9 Å². The first-order chi connectivity index (χ1) is 12.4. The van der Waals surface area contributed by atoms with Crippen LogP contribution in [0.15, 0.2) is 34.9 Å². The second-order valence-electron chi connectivity index (χ2n) is 7.47. The Bertz CT molecular complexity index is 751. The molecule has 0 unspecified atom stereocenters. The van der Waals surface area contributed by atoms with Crippen LogP contribution >= 0.6 is 0 Å². The van der Waals surface area contributed by atoms with E-state index in [2.05, 4.69) is 24.3 Å². The molecule has 1 aromatic heterocycles. The van der Waals surface area contributed by atoms with Gasteiger partial charge in [0.2, 0.25) is 0 Å². The Morgan fingerprint density at radius 2 is 2.12 bits per heavy atom. The van der Waals surface area contributed by atoms with Crippen LogP contribution in [0.1, 0.15) is 42.1 Å². The van der Waals surface area contributed by atoms with Crippen molar-refractivity contribution in [2.45, 2.75) is 39.2 Å². The van der Waals surface area contributed by atoms with E-state index in [1.165, 1.54) is 0 Å². The minimum absolute atomic E-state index is 0.0157. The third kappa shape index (κ3) is 3.75. The Hall–Kier alpha value is -2.34. The van der Waals surface area contributed by atoms with Crippen LogP contribution in [0.3, 0.4) is 0 Å². The van der Waals surface area contributed by atoms with Crippen molar-refractivity contribution < 1.29 is 19.2 Å². The SMILES string of the molecule is COc1ccc(C(=O)N[C@H]2C[C@@H](Cc3cc(CCO)on3)C2(C)C)cc1. The molecule has 0 saturated heterocycles. The van der Waals surface area contributed by atoms with Crippen LogP contribution in [0, 0.1) is 11.3 Å². The van der Waals surface area contributed by atoms with Gasteiger partial charge in [-0.25, -0.2) is 0 Å². The number of hydrogen-bond acceptors (Lipinski definition) is 5. The highest BCUT2D eigenvalue weighted by molar-refractivity contribution is 5.94. The molecule has 2 N–H and O–H groups in total. The fourth-order valence-corrected chi connectivity index (χ4v) is 3.52. The van der Waals surface area contributed by atoms with Gasteiger partial charge in [-0.2, -0.15) is 0 Å². The van der Waals surface area contributed by atoms with Gasteiger partial charge in [0.05, 0.1) is 19.4 Å².